The highest BCUT2D eigenvalue weighted by molar-refractivity contribution is 6.15. The number of amidine groups is 1. The molecule has 0 bridgehead atoms. The molecular weight excluding hydrogens is 500 g/mol. The molecule has 0 N–H and O–H groups in total. The number of nitrogens with zero attached hydrogens (tertiary/aromatic N) is 4. The molecule has 4 aliphatic rings. The summed E-state index contributed by atoms with van der Waals surface area (Å²) in [5.74, 6) is 1.73. The summed E-state index contributed by atoms with van der Waals surface area (Å²) in [7, 11) is 0. The summed E-state index contributed by atoms with van der Waals surface area (Å²) in [6.45, 7) is 7.64. The number of allylic oxidation sites excluding steroid dienone is 3. The molecule has 1 saturated heterocycles. The lowest BCUT2D eigenvalue weighted by atomic mass is 9.92. The molecule has 0 radical (unpaired) electrons. The van der Waals surface area contributed by atoms with Gasteiger partial charge in [-0.2, -0.15) is 0 Å². The molecule has 0 saturated carbocycles. The number of ether oxygens (including phenoxy) is 1. The van der Waals surface area contributed by atoms with Gasteiger partial charge in [0, 0.05) is 25.7 Å². The average molecular weight is 539 g/mol. The lowest BCUT2D eigenvalue weighted by molar-refractivity contribution is -0.131. The first-order chi connectivity index (χ1) is 19.4. The van der Waals surface area contributed by atoms with E-state index in [4.69, 9.17) is 9.73 Å². The molecule has 1 atom stereocenters. The van der Waals surface area contributed by atoms with Gasteiger partial charge in [0.1, 0.15) is 11.6 Å². The quantitative estimate of drug-likeness (QED) is 0.493. The predicted octanol–water partition coefficient (Wildman–Crippen LogP) is 5.09. The van der Waals surface area contributed by atoms with E-state index in [9.17, 15) is 9.59 Å². The Morgan fingerprint density at radius 3 is 2.45 bits per heavy atom. The highest BCUT2D eigenvalue weighted by Gasteiger charge is 2.46. The minimum Gasteiger partial charge on any atom is -0.482 e. The molecule has 2 aromatic rings. The average Bonchev–Trinajstić information content (AvgIpc) is 3.25. The van der Waals surface area contributed by atoms with Crippen LogP contribution in [0.4, 0.5) is 5.69 Å². The number of carbonyl (C=O) groups is 2. The maximum atomic E-state index is 13.9. The van der Waals surface area contributed by atoms with Gasteiger partial charge in [0.15, 0.2) is 12.1 Å². The van der Waals surface area contributed by atoms with Gasteiger partial charge < -0.3 is 14.5 Å². The summed E-state index contributed by atoms with van der Waals surface area (Å²) in [6, 6.07) is 17.9. The topological polar surface area (TPSA) is 65.5 Å². The van der Waals surface area contributed by atoms with E-state index < -0.39 is 5.54 Å². The Morgan fingerprint density at radius 1 is 0.950 bits per heavy atom. The molecule has 1 fully saturated rings. The number of fused-ring (bicyclic) bond motifs is 1. The lowest BCUT2D eigenvalue weighted by Crippen LogP contribution is -2.51. The van der Waals surface area contributed by atoms with E-state index in [-0.39, 0.29) is 24.5 Å². The summed E-state index contributed by atoms with van der Waals surface area (Å²) in [5.41, 5.74) is 3.43. The van der Waals surface area contributed by atoms with Crippen LogP contribution in [-0.4, -0.2) is 66.3 Å². The second kappa shape index (κ2) is 11.0. The molecule has 7 heteroatoms. The summed E-state index contributed by atoms with van der Waals surface area (Å²) in [5, 5.41) is 0. The van der Waals surface area contributed by atoms with Gasteiger partial charge in [-0.05, 0) is 75.8 Å². The van der Waals surface area contributed by atoms with Gasteiger partial charge >= 0.3 is 0 Å². The summed E-state index contributed by atoms with van der Waals surface area (Å²) >= 11 is 0. The van der Waals surface area contributed by atoms with Crippen LogP contribution in [0, 0.1) is 0 Å². The predicted molar refractivity (Wildman–Crippen MR) is 158 cm³/mol. The Bertz CT molecular complexity index is 1370. The van der Waals surface area contributed by atoms with E-state index >= 15 is 0 Å². The van der Waals surface area contributed by atoms with Crippen molar-refractivity contribution in [3.8, 4) is 5.75 Å². The third-order valence-electron chi connectivity index (χ3n) is 8.75. The molecule has 40 heavy (non-hydrogen) atoms. The number of anilines is 1. The number of piperidine rings is 1. The van der Waals surface area contributed by atoms with Crippen LogP contribution in [0.3, 0.4) is 0 Å². The number of rotatable bonds is 7. The van der Waals surface area contributed by atoms with E-state index in [1.807, 2.05) is 71.3 Å². The maximum absolute atomic E-state index is 13.9. The molecule has 1 unspecified atom stereocenters. The van der Waals surface area contributed by atoms with Crippen LogP contribution < -0.4 is 9.64 Å². The molecule has 208 valence electrons. The number of aliphatic imine (C=N–C) groups is 1. The van der Waals surface area contributed by atoms with Crippen molar-refractivity contribution < 1.29 is 14.3 Å². The van der Waals surface area contributed by atoms with Crippen LogP contribution in [0.15, 0.2) is 82.9 Å². The molecule has 0 aromatic heterocycles. The first-order valence-corrected chi connectivity index (χ1v) is 14.5. The van der Waals surface area contributed by atoms with Crippen molar-refractivity contribution in [2.75, 3.05) is 37.7 Å². The molecule has 2 aromatic carbocycles. The molecule has 7 nitrogen and oxygen atoms in total. The number of hydrogen-bond donors (Lipinski definition) is 0. The first-order valence-electron chi connectivity index (χ1n) is 14.5. The number of carbonyl (C=O) groups excluding carboxylic acids is 2. The summed E-state index contributed by atoms with van der Waals surface area (Å²) in [4.78, 5) is 38.1. The van der Waals surface area contributed by atoms with Crippen molar-refractivity contribution in [1.29, 1.82) is 0 Å². The van der Waals surface area contributed by atoms with Crippen LogP contribution in [0.5, 0.6) is 5.75 Å². The molecule has 2 amide bonds. The van der Waals surface area contributed by atoms with Gasteiger partial charge in [-0.1, -0.05) is 60.2 Å². The number of benzene rings is 2. The number of hydrogen-bond acceptors (Lipinski definition) is 5. The van der Waals surface area contributed by atoms with Crippen molar-refractivity contribution in [2.45, 2.75) is 57.5 Å². The molecule has 6 rings (SSSR count). The second-order valence-corrected chi connectivity index (χ2v) is 11.5. The monoisotopic (exact) mass is 538 g/mol. The van der Waals surface area contributed by atoms with Gasteiger partial charge in [-0.15, -0.1) is 0 Å². The third kappa shape index (κ3) is 4.99. The van der Waals surface area contributed by atoms with Gasteiger partial charge in [0.2, 0.25) is 0 Å². The zero-order chi connectivity index (χ0) is 27.7. The highest BCUT2D eigenvalue weighted by atomic mass is 16.5. The molecular formula is C33H38N4O3. The van der Waals surface area contributed by atoms with Crippen LogP contribution in [0.25, 0.3) is 0 Å². The molecule has 3 heterocycles. The smallest absolute Gasteiger partial charge is 0.265 e. The fourth-order valence-electron chi connectivity index (χ4n) is 6.39. The van der Waals surface area contributed by atoms with E-state index in [0.717, 1.165) is 80.1 Å². The Hall–Kier alpha value is -3.71. The fourth-order valence-corrected chi connectivity index (χ4v) is 6.39. The van der Waals surface area contributed by atoms with Crippen LogP contribution >= 0.6 is 0 Å². The minimum absolute atomic E-state index is 0.0417. The Labute approximate surface area is 236 Å². The van der Waals surface area contributed by atoms with E-state index in [0.29, 0.717) is 6.54 Å². The zero-order valence-electron chi connectivity index (χ0n) is 23.5. The van der Waals surface area contributed by atoms with Crippen LogP contribution in [0.2, 0.25) is 0 Å². The van der Waals surface area contributed by atoms with E-state index in [1.54, 1.807) is 0 Å². The normalized spacial score (nSPS) is 23.9. The summed E-state index contributed by atoms with van der Waals surface area (Å²) in [6.07, 6.45) is 8.95. The lowest BCUT2D eigenvalue weighted by Gasteiger charge is -2.40. The van der Waals surface area contributed by atoms with E-state index in [1.165, 1.54) is 5.57 Å². The minimum atomic E-state index is -0.896. The highest BCUT2D eigenvalue weighted by Crippen LogP contribution is 2.37. The SMILES string of the molecule is CC1=CC=C(C2=NC(C)(c3ccccc3)C(=O)N2CCCN2CCC(N3C(=O)COc4ccccc43)CC2)CC1. The number of amides is 2. The Balaban J connectivity index is 1.10. The van der Waals surface area contributed by atoms with E-state index in [2.05, 4.69) is 24.0 Å². The van der Waals surface area contributed by atoms with Crippen LogP contribution in [-0.2, 0) is 15.1 Å². The van der Waals surface area contributed by atoms with Crippen molar-refractivity contribution >= 4 is 23.3 Å². The second-order valence-electron chi connectivity index (χ2n) is 11.5. The molecule has 3 aliphatic heterocycles. The van der Waals surface area contributed by atoms with Gasteiger partial charge in [-0.25, -0.2) is 4.99 Å². The number of para-hydroxylation sites is 2. The first kappa shape index (κ1) is 26.5. The Kier molecular flexibility index (Phi) is 7.32. The standard InChI is InChI=1S/C33H38N4O3/c1-24-13-15-25(16-14-24)31-34-33(2,26-9-4-3-5-10-26)32(39)36(31)20-8-19-35-21-17-27(18-22-35)37-28-11-6-7-12-29(28)40-23-30(37)38/h3-7,9-13,15,27H,8,14,16-23H2,1-2H3. The van der Waals surface area contributed by atoms with Gasteiger partial charge in [-0.3, -0.25) is 14.5 Å². The largest absolute Gasteiger partial charge is 0.482 e. The third-order valence-corrected chi connectivity index (χ3v) is 8.75. The fraction of sp³-hybridized carbons (Fsp3) is 0.424. The van der Waals surface area contributed by atoms with Crippen molar-refractivity contribution in [3.05, 3.63) is 83.5 Å². The molecule has 0 spiro atoms. The Morgan fingerprint density at radius 2 is 1.70 bits per heavy atom. The van der Waals surface area contributed by atoms with Crippen molar-refractivity contribution in [3.63, 3.8) is 0 Å². The number of likely N-dealkylation sites (tertiary alicyclic amines) is 1. The van der Waals surface area contributed by atoms with Crippen molar-refractivity contribution in [2.24, 2.45) is 4.99 Å². The maximum Gasteiger partial charge on any atom is 0.265 e. The van der Waals surface area contributed by atoms with Crippen molar-refractivity contribution in [1.82, 2.24) is 9.80 Å². The van der Waals surface area contributed by atoms with Gasteiger partial charge in [0.25, 0.3) is 11.8 Å². The van der Waals surface area contributed by atoms with Crippen LogP contribution in [0.1, 0.15) is 51.5 Å². The zero-order valence-corrected chi connectivity index (χ0v) is 23.5. The molecule has 1 aliphatic carbocycles. The summed E-state index contributed by atoms with van der Waals surface area (Å²) < 4.78 is 5.64. The van der Waals surface area contributed by atoms with Gasteiger partial charge in [0.05, 0.1) is 5.69 Å².